The Bertz CT molecular complexity index is 611. The van der Waals surface area contributed by atoms with Crippen molar-refractivity contribution in [2.24, 2.45) is 5.73 Å². The zero-order chi connectivity index (χ0) is 14.1. The highest BCUT2D eigenvalue weighted by atomic mass is 19.2. The van der Waals surface area contributed by atoms with E-state index in [2.05, 4.69) is 15.1 Å². The zero-order valence-electron chi connectivity index (χ0n) is 10.9. The van der Waals surface area contributed by atoms with Gasteiger partial charge in [-0.25, -0.2) is 8.78 Å². The second-order valence-corrected chi connectivity index (χ2v) is 5.09. The van der Waals surface area contributed by atoms with Gasteiger partial charge in [-0.1, -0.05) is 6.07 Å². The number of benzene rings is 1. The average Bonchev–Trinajstić information content (AvgIpc) is 2.91. The maximum atomic E-state index is 13.7. The van der Waals surface area contributed by atoms with Crippen LogP contribution in [0, 0.1) is 11.6 Å². The van der Waals surface area contributed by atoms with E-state index in [4.69, 9.17) is 5.73 Å². The number of rotatable bonds is 2. The maximum Gasteiger partial charge on any atom is 0.168 e. The lowest BCUT2D eigenvalue weighted by Crippen LogP contribution is -2.43. The molecular weight excluding hydrogens is 262 g/mol. The standard InChI is InChI=1S/C14H16F2N4/c15-11-5-1-4-10(14(11)16)12-7-13(19-18-12)20-6-2-3-9(17)8-20/h1,4-5,7,9H,2-3,6,8,17H2,(H,18,19). The van der Waals surface area contributed by atoms with Gasteiger partial charge in [0, 0.05) is 30.8 Å². The Morgan fingerprint density at radius 2 is 2.20 bits per heavy atom. The van der Waals surface area contributed by atoms with E-state index in [1.54, 1.807) is 6.07 Å². The van der Waals surface area contributed by atoms with E-state index in [1.165, 1.54) is 12.1 Å². The SMILES string of the molecule is NC1CCCN(c2cc(-c3cccc(F)c3F)[nH]n2)C1. The van der Waals surface area contributed by atoms with Crippen molar-refractivity contribution >= 4 is 5.82 Å². The summed E-state index contributed by atoms with van der Waals surface area (Å²) >= 11 is 0. The lowest BCUT2D eigenvalue weighted by Gasteiger charge is -2.30. The first kappa shape index (κ1) is 13.1. The number of halogens is 2. The maximum absolute atomic E-state index is 13.7. The summed E-state index contributed by atoms with van der Waals surface area (Å²) in [5.74, 6) is -1.00. The largest absolute Gasteiger partial charge is 0.354 e. The highest BCUT2D eigenvalue weighted by molar-refractivity contribution is 5.64. The molecule has 0 saturated carbocycles. The van der Waals surface area contributed by atoms with Crippen molar-refractivity contribution in [1.82, 2.24) is 10.2 Å². The number of nitrogens with one attached hydrogen (secondary N) is 1. The summed E-state index contributed by atoms with van der Waals surface area (Å²) in [4.78, 5) is 2.06. The van der Waals surface area contributed by atoms with Crippen molar-refractivity contribution in [3.05, 3.63) is 35.9 Å². The van der Waals surface area contributed by atoms with Crippen molar-refractivity contribution in [3.63, 3.8) is 0 Å². The topological polar surface area (TPSA) is 57.9 Å². The van der Waals surface area contributed by atoms with Crippen LogP contribution in [0.3, 0.4) is 0 Å². The highest BCUT2D eigenvalue weighted by Crippen LogP contribution is 2.26. The van der Waals surface area contributed by atoms with Gasteiger partial charge in [-0.15, -0.1) is 0 Å². The minimum absolute atomic E-state index is 0.134. The number of nitrogens with zero attached hydrogens (tertiary/aromatic N) is 2. The summed E-state index contributed by atoms with van der Waals surface area (Å²) in [6, 6.07) is 5.97. The van der Waals surface area contributed by atoms with Crippen LogP contribution in [0.5, 0.6) is 0 Å². The summed E-state index contributed by atoms with van der Waals surface area (Å²) in [6.45, 7) is 1.61. The van der Waals surface area contributed by atoms with Gasteiger partial charge >= 0.3 is 0 Å². The summed E-state index contributed by atoms with van der Waals surface area (Å²) in [5.41, 5.74) is 6.59. The number of H-pyrrole nitrogens is 1. The predicted molar refractivity (Wildman–Crippen MR) is 73.4 cm³/mol. The van der Waals surface area contributed by atoms with Gasteiger partial charge < -0.3 is 10.6 Å². The van der Waals surface area contributed by atoms with Crippen LogP contribution in [0.1, 0.15) is 12.8 Å². The molecule has 1 aliphatic heterocycles. The van der Waals surface area contributed by atoms with Gasteiger partial charge in [0.2, 0.25) is 0 Å². The van der Waals surface area contributed by atoms with Crippen LogP contribution < -0.4 is 10.6 Å². The summed E-state index contributed by atoms with van der Waals surface area (Å²) in [5, 5.41) is 6.94. The minimum Gasteiger partial charge on any atom is -0.354 e. The lowest BCUT2D eigenvalue weighted by atomic mass is 10.1. The van der Waals surface area contributed by atoms with Crippen molar-refractivity contribution in [2.75, 3.05) is 18.0 Å². The summed E-state index contributed by atoms with van der Waals surface area (Å²) < 4.78 is 27.0. The van der Waals surface area contributed by atoms with Gasteiger partial charge in [-0.3, -0.25) is 5.10 Å². The molecule has 1 unspecified atom stereocenters. The van der Waals surface area contributed by atoms with E-state index in [1.807, 2.05) is 0 Å². The van der Waals surface area contributed by atoms with Gasteiger partial charge in [0.1, 0.15) is 0 Å². The first-order chi connectivity index (χ1) is 9.65. The molecule has 3 rings (SSSR count). The van der Waals surface area contributed by atoms with Gasteiger partial charge in [0.15, 0.2) is 17.5 Å². The molecule has 4 nitrogen and oxygen atoms in total. The van der Waals surface area contributed by atoms with Crippen LogP contribution in [-0.4, -0.2) is 29.3 Å². The molecule has 0 radical (unpaired) electrons. The van der Waals surface area contributed by atoms with E-state index >= 15 is 0 Å². The molecular formula is C14H16F2N4. The molecule has 106 valence electrons. The normalized spacial score (nSPS) is 19.4. The van der Waals surface area contributed by atoms with Gasteiger partial charge in [0.05, 0.1) is 5.69 Å². The smallest absolute Gasteiger partial charge is 0.168 e. The third-order valence-corrected chi connectivity index (χ3v) is 3.59. The second kappa shape index (κ2) is 5.20. The fourth-order valence-electron chi connectivity index (χ4n) is 2.54. The van der Waals surface area contributed by atoms with Crippen LogP contribution in [0.2, 0.25) is 0 Å². The first-order valence-electron chi connectivity index (χ1n) is 6.65. The van der Waals surface area contributed by atoms with Crippen LogP contribution in [0.25, 0.3) is 11.3 Å². The summed E-state index contributed by atoms with van der Waals surface area (Å²) in [6.07, 6.45) is 2.02. The number of aromatic nitrogens is 2. The molecule has 0 amide bonds. The molecule has 1 fully saturated rings. The lowest BCUT2D eigenvalue weighted by molar-refractivity contribution is 0.503. The molecule has 3 N–H and O–H groups in total. The second-order valence-electron chi connectivity index (χ2n) is 5.09. The molecule has 0 spiro atoms. The molecule has 0 bridgehead atoms. The van der Waals surface area contributed by atoms with Gasteiger partial charge in [-0.2, -0.15) is 5.10 Å². The van der Waals surface area contributed by atoms with Crippen LogP contribution in [0.4, 0.5) is 14.6 Å². The molecule has 2 aromatic rings. The number of hydrogen-bond acceptors (Lipinski definition) is 3. The Morgan fingerprint density at radius 3 is 3.00 bits per heavy atom. The number of piperidine rings is 1. The Kier molecular flexibility index (Phi) is 3.40. The fraction of sp³-hybridized carbons (Fsp3) is 0.357. The Morgan fingerprint density at radius 1 is 1.35 bits per heavy atom. The molecule has 20 heavy (non-hydrogen) atoms. The summed E-state index contributed by atoms with van der Waals surface area (Å²) in [7, 11) is 0. The fourth-order valence-corrected chi connectivity index (χ4v) is 2.54. The Labute approximate surface area is 115 Å². The monoisotopic (exact) mass is 278 g/mol. The number of anilines is 1. The predicted octanol–water partition coefficient (Wildman–Crippen LogP) is 2.28. The van der Waals surface area contributed by atoms with Crippen LogP contribution >= 0.6 is 0 Å². The van der Waals surface area contributed by atoms with Gasteiger partial charge in [0.25, 0.3) is 0 Å². The molecule has 1 aromatic carbocycles. The Hall–Kier alpha value is -1.95. The third kappa shape index (κ3) is 2.38. The molecule has 1 atom stereocenters. The molecule has 2 heterocycles. The quantitative estimate of drug-likeness (QED) is 0.886. The van der Waals surface area contributed by atoms with E-state index < -0.39 is 11.6 Å². The minimum atomic E-state index is -0.863. The van der Waals surface area contributed by atoms with E-state index in [9.17, 15) is 8.78 Å². The molecule has 0 aliphatic carbocycles. The van der Waals surface area contributed by atoms with Crippen molar-refractivity contribution < 1.29 is 8.78 Å². The van der Waals surface area contributed by atoms with Crippen molar-refractivity contribution in [1.29, 1.82) is 0 Å². The molecule has 1 aromatic heterocycles. The number of hydrogen-bond donors (Lipinski definition) is 2. The van der Waals surface area contributed by atoms with Crippen molar-refractivity contribution in [2.45, 2.75) is 18.9 Å². The van der Waals surface area contributed by atoms with E-state index in [0.29, 0.717) is 5.69 Å². The average molecular weight is 278 g/mol. The highest BCUT2D eigenvalue weighted by Gasteiger charge is 2.20. The number of nitrogens with two attached hydrogens (primary N) is 1. The molecule has 1 aliphatic rings. The Balaban J connectivity index is 1.88. The van der Waals surface area contributed by atoms with Crippen LogP contribution in [-0.2, 0) is 0 Å². The molecule has 6 heteroatoms. The van der Waals surface area contributed by atoms with Crippen LogP contribution in [0.15, 0.2) is 24.3 Å². The third-order valence-electron chi connectivity index (χ3n) is 3.59. The van der Waals surface area contributed by atoms with E-state index in [0.717, 1.165) is 37.8 Å². The first-order valence-corrected chi connectivity index (χ1v) is 6.65. The zero-order valence-corrected chi connectivity index (χ0v) is 10.9. The molecule has 1 saturated heterocycles. The number of aromatic amines is 1. The van der Waals surface area contributed by atoms with Crippen molar-refractivity contribution in [3.8, 4) is 11.3 Å². The van der Waals surface area contributed by atoms with E-state index in [-0.39, 0.29) is 11.6 Å². The van der Waals surface area contributed by atoms with Gasteiger partial charge in [-0.05, 0) is 25.0 Å².